The van der Waals surface area contributed by atoms with Gasteiger partial charge in [0, 0.05) is 6.54 Å². The van der Waals surface area contributed by atoms with E-state index in [4.69, 9.17) is 9.47 Å². The number of esters is 1. The van der Waals surface area contributed by atoms with Gasteiger partial charge in [0.2, 0.25) is 10.0 Å². The lowest BCUT2D eigenvalue weighted by atomic mass is 10.1. The fourth-order valence-electron chi connectivity index (χ4n) is 3.65. The van der Waals surface area contributed by atoms with Crippen molar-refractivity contribution in [2.75, 3.05) is 13.7 Å². The average molecular weight is 663 g/mol. The molecule has 0 heterocycles. The zero-order valence-electron chi connectivity index (χ0n) is 24.9. The van der Waals surface area contributed by atoms with Crippen molar-refractivity contribution in [2.24, 2.45) is 0 Å². The van der Waals surface area contributed by atoms with Gasteiger partial charge >= 0.3 is 18.2 Å². The number of carbonyl (C=O) groups is 3. The molecule has 242 valence electrons. The molecule has 3 aromatic carbocycles. The maximum absolute atomic E-state index is 13.0. The minimum Gasteiger partial charge on any atom is -0.468 e. The number of alkyl carbamates (subject to hydrolysis) is 1. The first kappa shape index (κ1) is 35.0. The third-order valence-electron chi connectivity index (χ3n) is 5.80. The second-order valence-electron chi connectivity index (χ2n) is 10.4. The third-order valence-corrected chi connectivity index (χ3v) is 8.55. The van der Waals surface area contributed by atoms with Crippen LogP contribution in [-0.2, 0) is 45.7 Å². The lowest BCUT2D eigenvalue weighted by molar-refractivity contribution is -0.142. The minimum atomic E-state index is -4.23. The fourth-order valence-corrected chi connectivity index (χ4v) is 5.66. The summed E-state index contributed by atoms with van der Waals surface area (Å²) in [6.45, 7) is 4.48. The van der Waals surface area contributed by atoms with Crippen LogP contribution >= 0.6 is 0 Å². The van der Waals surface area contributed by atoms with Crippen LogP contribution in [-0.4, -0.2) is 60.3 Å². The molecule has 0 saturated heterocycles. The molecule has 14 nitrogen and oxygen atoms in total. The Hall–Kier alpha value is -4.51. The van der Waals surface area contributed by atoms with E-state index < -0.39 is 56.4 Å². The molecule has 16 heteroatoms. The highest BCUT2D eigenvalue weighted by Crippen LogP contribution is 2.23. The smallest absolute Gasteiger partial charge is 0.422 e. The SMILES string of the molecule is COC(=O)[C@H](CNC(=O)OC(C)(C)C)NS(=O)(=O)c1ccc(-c2ccc(S(=O)(=O)NNC(=O)OCc3ccccc3)cc2)cc1. The number of hydrogen-bond donors (Lipinski definition) is 4. The van der Waals surface area contributed by atoms with Gasteiger partial charge < -0.3 is 19.5 Å². The summed E-state index contributed by atoms with van der Waals surface area (Å²) < 4.78 is 68.1. The predicted octanol–water partition coefficient (Wildman–Crippen LogP) is 2.82. The van der Waals surface area contributed by atoms with Crippen molar-refractivity contribution < 1.29 is 45.4 Å². The van der Waals surface area contributed by atoms with Crippen molar-refractivity contribution in [3.8, 4) is 11.1 Å². The summed E-state index contributed by atoms with van der Waals surface area (Å²) in [6.07, 6.45) is -1.83. The number of sulfonamides is 2. The van der Waals surface area contributed by atoms with Crippen LogP contribution in [0, 0.1) is 0 Å². The van der Waals surface area contributed by atoms with Crippen LogP contribution in [0.4, 0.5) is 9.59 Å². The quantitative estimate of drug-likeness (QED) is 0.127. The average Bonchev–Trinajstić information content (AvgIpc) is 3.00. The van der Waals surface area contributed by atoms with Gasteiger partial charge in [-0.2, -0.15) is 4.72 Å². The van der Waals surface area contributed by atoms with Gasteiger partial charge in [-0.15, -0.1) is 4.83 Å². The van der Waals surface area contributed by atoms with E-state index in [1.807, 2.05) is 16.3 Å². The molecule has 0 radical (unpaired) electrons. The van der Waals surface area contributed by atoms with Gasteiger partial charge in [-0.1, -0.05) is 54.6 Å². The Balaban J connectivity index is 1.61. The number of carbonyl (C=O) groups excluding carboxylic acids is 3. The van der Waals surface area contributed by atoms with Crippen molar-refractivity contribution in [1.82, 2.24) is 20.3 Å². The van der Waals surface area contributed by atoms with Gasteiger partial charge in [0.05, 0.1) is 16.9 Å². The van der Waals surface area contributed by atoms with E-state index in [1.54, 1.807) is 45.0 Å². The molecule has 0 saturated carbocycles. The molecule has 0 aliphatic carbocycles. The predicted molar refractivity (Wildman–Crippen MR) is 162 cm³/mol. The Labute approximate surface area is 261 Å². The van der Waals surface area contributed by atoms with Crippen LogP contribution in [0.2, 0.25) is 0 Å². The van der Waals surface area contributed by atoms with E-state index in [1.165, 1.54) is 48.5 Å². The molecule has 0 aliphatic heterocycles. The van der Waals surface area contributed by atoms with Crippen molar-refractivity contribution >= 4 is 38.2 Å². The van der Waals surface area contributed by atoms with Crippen LogP contribution in [0.15, 0.2) is 88.7 Å². The molecule has 0 fully saturated rings. The molecule has 3 rings (SSSR count). The topological polar surface area (TPSA) is 195 Å². The van der Waals surface area contributed by atoms with Crippen LogP contribution in [0.5, 0.6) is 0 Å². The lowest BCUT2D eigenvalue weighted by Gasteiger charge is -2.21. The van der Waals surface area contributed by atoms with E-state index in [0.717, 1.165) is 12.7 Å². The van der Waals surface area contributed by atoms with Gasteiger partial charge in [0.25, 0.3) is 10.0 Å². The summed E-state index contributed by atoms with van der Waals surface area (Å²) in [5.41, 5.74) is 3.04. The summed E-state index contributed by atoms with van der Waals surface area (Å²) in [4.78, 5) is 37.7. The molecule has 2 amide bonds. The van der Waals surface area contributed by atoms with Crippen molar-refractivity contribution in [3.05, 3.63) is 84.4 Å². The zero-order valence-corrected chi connectivity index (χ0v) is 26.5. The fraction of sp³-hybridized carbons (Fsp3) is 0.276. The molecule has 0 spiro atoms. The summed E-state index contributed by atoms with van der Waals surface area (Å²) >= 11 is 0. The van der Waals surface area contributed by atoms with Crippen molar-refractivity contribution in [3.63, 3.8) is 0 Å². The standard InChI is InChI=1S/C29H34N4O10S2/c1-29(2,3)43-27(35)30-18-25(26(34)41-4)32-44(37,38)23-14-10-21(11-15-23)22-12-16-24(17-13-22)45(39,40)33-31-28(36)42-19-20-8-6-5-7-9-20/h5-17,25,32-33H,18-19H2,1-4H3,(H,30,35)(H,31,36)/t25-/m0/s1. The highest BCUT2D eigenvalue weighted by atomic mass is 32.2. The number of rotatable bonds is 12. The summed E-state index contributed by atoms with van der Waals surface area (Å²) in [5, 5.41) is 2.34. The molecule has 4 N–H and O–H groups in total. The van der Waals surface area contributed by atoms with Crippen LogP contribution < -0.4 is 20.3 Å². The van der Waals surface area contributed by atoms with Crippen LogP contribution in [0.25, 0.3) is 11.1 Å². The maximum atomic E-state index is 13.0. The normalized spacial score (nSPS) is 12.4. The van der Waals surface area contributed by atoms with Crippen molar-refractivity contribution in [2.45, 2.75) is 48.8 Å². The molecule has 1 atom stereocenters. The molecular formula is C29H34N4O10S2. The zero-order chi connectivity index (χ0) is 33.3. The molecule has 0 aromatic heterocycles. The minimum absolute atomic E-state index is 0.0452. The number of hydrazine groups is 1. The van der Waals surface area contributed by atoms with Gasteiger partial charge in [-0.3, -0.25) is 4.79 Å². The largest absolute Gasteiger partial charge is 0.468 e. The van der Waals surface area contributed by atoms with Crippen molar-refractivity contribution in [1.29, 1.82) is 0 Å². The Morgan fingerprint density at radius 3 is 1.80 bits per heavy atom. The van der Waals surface area contributed by atoms with E-state index in [0.29, 0.717) is 11.1 Å². The van der Waals surface area contributed by atoms with Gasteiger partial charge in [-0.05, 0) is 61.7 Å². The Morgan fingerprint density at radius 2 is 1.29 bits per heavy atom. The number of methoxy groups -OCH3 is 1. The first-order chi connectivity index (χ1) is 21.1. The molecule has 0 unspecified atom stereocenters. The molecule has 0 bridgehead atoms. The molecular weight excluding hydrogens is 628 g/mol. The Morgan fingerprint density at radius 1 is 0.756 bits per heavy atom. The van der Waals surface area contributed by atoms with Crippen LogP contribution in [0.1, 0.15) is 26.3 Å². The van der Waals surface area contributed by atoms with E-state index in [-0.39, 0.29) is 16.4 Å². The second kappa shape index (κ2) is 15.0. The van der Waals surface area contributed by atoms with Gasteiger partial charge in [0.1, 0.15) is 18.2 Å². The first-order valence-corrected chi connectivity index (χ1v) is 16.3. The monoisotopic (exact) mass is 662 g/mol. The molecule has 45 heavy (non-hydrogen) atoms. The van der Waals surface area contributed by atoms with E-state index in [9.17, 15) is 31.2 Å². The highest BCUT2D eigenvalue weighted by molar-refractivity contribution is 7.89. The lowest BCUT2D eigenvalue weighted by Crippen LogP contribution is -2.49. The number of hydrogen-bond acceptors (Lipinski definition) is 10. The second-order valence-corrected chi connectivity index (χ2v) is 13.8. The maximum Gasteiger partial charge on any atom is 0.422 e. The number of nitrogens with one attached hydrogen (secondary N) is 4. The molecule has 0 aliphatic rings. The third kappa shape index (κ3) is 10.9. The number of amides is 2. The number of ether oxygens (including phenoxy) is 3. The Bertz CT molecular complexity index is 1690. The van der Waals surface area contributed by atoms with Gasteiger partial charge in [-0.25, -0.2) is 31.9 Å². The van der Waals surface area contributed by atoms with E-state index in [2.05, 4.69) is 14.8 Å². The number of benzene rings is 3. The van der Waals surface area contributed by atoms with E-state index >= 15 is 0 Å². The summed E-state index contributed by atoms with van der Waals surface area (Å²) in [5.74, 6) is -0.921. The van der Waals surface area contributed by atoms with Crippen LogP contribution in [0.3, 0.4) is 0 Å². The summed E-state index contributed by atoms with van der Waals surface area (Å²) in [6, 6.07) is 18.6. The van der Waals surface area contributed by atoms with Gasteiger partial charge in [0.15, 0.2) is 0 Å². The Kier molecular flexibility index (Phi) is 11.6. The molecule has 3 aromatic rings. The summed E-state index contributed by atoms with van der Waals surface area (Å²) in [7, 11) is -7.28. The first-order valence-electron chi connectivity index (χ1n) is 13.4. The highest BCUT2D eigenvalue weighted by Gasteiger charge is 2.28.